The van der Waals surface area contributed by atoms with Crippen LogP contribution in [0.5, 0.6) is 0 Å². The summed E-state index contributed by atoms with van der Waals surface area (Å²) in [5, 5.41) is 4.28. The fraction of sp³-hybridized carbons (Fsp3) is 0.750. The van der Waals surface area contributed by atoms with Gasteiger partial charge in [0.05, 0.1) is 0 Å². The number of aryl methyl sites for hydroxylation is 2. The zero-order valence-electron chi connectivity index (χ0n) is 7.32. The first kappa shape index (κ1) is 7.73. The van der Waals surface area contributed by atoms with E-state index in [-0.39, 0.29) is 0 Å². The molecular formula is C8H14N4. The van der Waals surface area contributed by atoms with Crippen molar-refractivity contribution in [3.63, 3.8) is 0 Å². The smallest absolute Gasteiger partial charge is 0.147 e. The normalized spacial score (nSPS) is 22.3. The third-order valence-corrected chi connectivity index (χ3v) is 2.41. The maximum absolute atomic E-state index is 5.61. The molecule has 0 spiro atoms. The molecule has 2 heterocycles. The van der Waals surface area contributed by atoms with Gasteiger partial charge in [0.15, 0.2) is 0 Å². The molecule has 0 amide bonds. The molecule has 66 valence electrons. The van der Waals surface area contributed by atoms with E-state index in [2.05, 4.69) is 10.1 Å². The lowest BCUT2D eigenvalue weighted by molar-refractivity contribution is 0.369. The summed E-state index contributed by atoms with van der Waals surface area (Å²) in [7, 11) is 0. The van der Waals surface area contributed by atoms with E-state index in [4.69, 9.17) is 5.73 Å². The lowest BCUT2D eigenvalue weighted by Gasteiger charge is -2.19. The molecule has 0 saturated carbocycles. The Morgan fingerprint density at radius 3 is 3.25 bits per heavy atom. The van der Waals surface area contributed by atoms with E-state index in [1.807, 2.05) is 11.6 Å². The van der Waals surface area contributed by atoms with E-state index >= 15 is 0 Å². The number of nitrogens with zero attached hydrogens (tertiary/aromatic N) is 3. The van der Waals surface area contributed by atoms with Crippen LogP contribution in [0.3, 0.4) is 0 Å². The van der Waals surface area contributed by atoms with Crippen LogP contribution < -0.4 is 5.73 Å². The average Bonchev–Trinajstić information content (AvgIpc) is 2.43. The Hall–Kier alpha value is -0.900. The number of aromatic nitrogens is 3. The van der Waals surface area contributed by atoms with Gasteiger partial charge in [-0.25, -0.2) is 9.67 Å². The first-order chi connectivity index (χ1) is 5.79. The maximum atomic E-state index is 5.61. The van der Waals surface area contributed by atoms with Crippen molar-refractivity contribution in [3.8, 4) is 0 Å². The summed E-state index contributed by atoms with van der Waals surface area (Å²) in [6.07, 6.45) is 2.14. The zero-order valence-corrected chi connectivity index (χ0v) is 7.32. The van der Waals surface area contributed by atoms with E-state index in [9.17, 15) is 0 Å². The first-order valence-corrected chi connectivity index (χ1v) is 4.40. The molecule has 0 aliphatic carbocycles. The van der Waals surface area contributed by atoms with Crippen LogP contribution in [0, 0.1) is 12.8 Å². The van der Waals surface area contributed by atoms with Crippen LogP contribution in [0.25, 0.3) is 0 Å². The predicted molar refractivity (Wildman–Crippen MR) is 45.6 cm³/mol. The van der Waals surface area contributed by atoms with Gasteiger partial charge in [-0.1, -0.05) is 0 Å². The number of nitrogens with two attached hydrogens (primary N) is 1. The van der Waals surface area contributed by atoms with E-state index in [0.717, 1.165) is 37.6 Å². The molecular weight excluding hydrogens is 152 g/mol. The minimum atomic E-state index is 0.612. The van der Waals surface area contributed by atoms with Gasteiger partial charge in [0, 0.05) is 13.0 Å². The Morgan fingerprint density at radius 1 is 1.67 bits per heavy atom. The molecule has 2 N–H and O–H groups in total. The summed E-state index contributed by atoms with van der Waals surface area (Å²) in [5.41, 5.74) is 5.61. The number of fused-ring (bicyclic) bond motifs is 1. The third kappa shape index (κ3) is 1.22. The van der Waals surface area contributed by atoms with Crippen molar-refractivity contribution in [2.24, 2.45) is 11.7 Å². The fourth-order valence-corrected chi connectivity index (χ4v) is 1.70. The minimum absolute atomic E-state index is 0.612. The van der Waals surface area contributed by atoms with E-state index < -0.39 is 0 Å². The van der Waals surface area contributed by atoms with Crippen LogP contribution >= 0.6 is 0 Å². The predicted octanol–water partition coefficient (Wildman–Crippen LogP) is 0.108. The van der Waals surface area contributed by atoms with Crippen molar-refractivity contribution in [1.82, 2.24) is 14.8 Å². The second-order valence-corrected chi connectivity index (χ2v) is 3.39. The molecule has 0 bridgehead atoms. The Kier molecular flexibility index (Phi) is 1.84. The lowest BCUT2D eigenvalue weighted by atomic mass is 9.99. The third-order valence-electron chi connectivity index (χ3n) is 2.41. The highest BCUT2D eigenvalue weighted by Crippen LogP contribution is 2.17. The molecule has 1 aliphatic heterocycles. The molecule has 1 atom stereocenters. The largest absolute Gasteiger partial charge is 0.330 e. The summed E-state index contributed by atoms with van der Waals surface area (Å²) in [6.45, 7) is 3.69. The van der Waals surface area contributed by atoms with E-state index in [1.54, 1.807) is 0 Å². The number of hydrogen-bond acceptors (Lipinski definition) is 3. The Bertz CT molecular complexity index is 279. The molecule has 1 aromatic heterocycles. The molecule has 4 heteroatoms. The van der Waals surface area contributed by atoms with Crippen molar-refractivity contribution in [1.29, 1.82) is 0 Å². The van der Waals surface area contributed by atoms with Crippen molar-refractivity contribution in [3.05, 3.63) is 11.6 Å². The molecule has 0 fully saturated rings. The molecule has 0 saturated heterocycles. The van der Waals surface area contributed by atoms with Gasteiger partial charge < -0.3 is 5.73 Å². The maximum Gasteiger partial charge on any atom is 0.147 e. The number of rotatable bonds is 1. The topological polar surface area (TPSA) is 56.7 Å². The van der Waals surface area contributed by atoms with Crippen molar-refractivity contribution < 1.29 is 0 Å². The minimum Gasteiger partial charge on any atom is -0.330 e. The Morgan fingerprint density at radius 2 is 2.50 bits per heavy atom. The van der Waals surface area contributed by atoms with Gasteiger partial charge in [-0.05, 0) is 25.8 Å². The van der Waals surface area contributed by atoms with Crippen LogP contribution in [-0.4, -0.2) is 21.3 Å². The first-order valence-electron chi connectivity index (χ1n) is 4.40. The van der Waals surface area contributed by atoms with Gasteiger partial charge in [0.2, 0.25) is 0 Å². The van der Waals surface area contributed by atoms with Gasteiger partial charge in [-0.2, -0.15) is 5.10 Å². The summed E-state index contributed by atoms with van der Waals surface area (Å²) >= 11 is 0. The molecule has 0 aromatic carbocycles. The molecule has 4 nitrogen and oxygen atoms in total. The molecule has 1 aromatic rings. The highest BCUT2D eigenvalue weighted by atomic mass is 15.3. The second kappa shape index (κ2) is 2.86. The highest BCUT2D eigenvalue weighted by Gasteiger charge is 2.19. The van der Waals surface area contributed by atoms with E-state index in [0.29, 0.717) is 5.92 Å². The van der Waals surface area contributed by atoms with Crippen LogP contribution in [0.4, 0.5) is 0 Å². The monoisotopic (exact) mass is 166 g/mol. The van der Waals surface area contributed by atoms with Crippen LogP contribution in [-0.2, 0) is 13.0 Å². The molecule has 1 unspecified atom stereocenters. The fourth-order valence-electron chi connectivity index (χ4n) is 1.70. The quantitative estimate of drug-likeness (QED) is 0.644. The zero-order chi connectivity index (χ0) is 8.55. The standard InChI is InChI=1S/C8H14N4/c1-6-10-8-4-7(5-9)2-3-12(8)11-6/h7H,2-5,9H2,1H3. The van der Waals surface area contributed by atoms with E-state index in [1.165, 1.54) is 0 Å². The van der Waals surface area contributed by atoms with Crippen LogP contribution in [0.15, 0.2) is 0 Å². The summed E-state index contributed by atoms with van der Waals surface area (Å²) in [4.78, 5) is 4.35. The summed E-state index contributed by atoms with van der Waals surface area (Å²) < 4.78 is 2.00. The average molecular weight is 166 g/mol. The lowest BCUT2D eigenvalue weighted by Crippen LogP contribution is -2.25. The molecule has 0 radical (unpaired) electrons. The Labute approximate surface area is 71.8 Å². The van der Waals surface area contributed by atoms with Crippen molar-refractivity contribution in [2.45, 2.75) is 26.3 Å². The summed E-state index contributed by atoms with van der Waals surface area (Å²) in [6, 6.07) is 0. The van der Waals surface area contributed by atoms with Gasteiger partial charge in [-0.3, -0.25) is 0 Å². The van der Waals surface area contributed by atoms with Gasteiger partial charge in [0.25, 0.3) is 0 Å². The number of hydrogen-bond donors (Lipinski definition) is 1. The molecule has 2 rings (SSSR count). The van der Waals surface area contributed by atoms with Gasteiger partial charge >= 0.3 is 0 Å². The van der Waals surface area contributed by atoms with Gasteiger partial charge in [0.1, 0.15) is 11.6 Å². The van der Waals surface area contributed by atoms with Crippen LogP contribution in [0.2, 0.25) is 0 Å². The Balaban J connectivity index is 2.22. The summed E-state index contributed by atoms with van der Waals surface area (Å²) in [5.74, 6) is 2.60. The van der Waals surface area contributed by atoms with Gasteiger partial charge in [-0.15, -0.1) is 0 Å². The van der Waals surface area contributed by atoms with Crippen molar-refractivity contribution in [2.75, 3.05) is 6.54 Å². The molecule has 1 aliphatic rings. The van der Waals surface area contributed by atoms with Crippen LogP contribution in [0.1, 0.15) is 18.1 Å². The SMILES string of the molecule is Cc1nc2n(n1)CCC(CN)C2. The van der Waals surface area contributed by atoms with Crippen molar-refractivity contribution >= 4 is 0 Å². The highest BCUT2D eigenvalue weighted by molar-refractivity contribution is 4.96. The second-order valence-electron chi connectivity index (χ2n) is 3.39. The molecule has 12 heavy (non-hydrogen) atoms.